The molecule has 0 saturated heterocycles. The average Bonchev–Trinajstić information content (AvgIpc) is 2.13. The third kappa shape index (κ3) is 8.23. The van der Waals surface area contributed by atoms with Gasteiger partial charge in [-0.3, -0.25) is 4.84 Å². The molecule has 0 saturated carbocycles. The van der Waals surface area contributed by atoms with Crippen molar-refractivity contribution in [3.63, 3.8) is 0 Å². The van der Waals surface area contributed by atoms with Gasteiger partial charge in [-0.15, -0.1) is 0 Å². The van der Waals surface area contributed by atoms with E-state index in [0.717, 1.165) is 4.31 Å². The van der Waals surface area contributed by atoms with Crippen LogP contribution in [0.3, 0.4) is 0 Å². The molecule has 0 atom stereocenters. The van der Waals surface area contributed by atoms with Gasteiger partial charge >= 0.3 is 16.3 Å². The number of hydrogen-bond acceptors (Lipinski definition) is 5. The van der Waals surface area contributed by atoms with Gasteiger partial charge in [0.05, 0.1) is 6.61 Å². The first-order valence-corrected chi connectivity index (χ1v) is 6.76. The number of rotatable bonds is 6. The van der Waals surface area contributed by atoms with Gasteiger partial charge in [0, 0.05) is 20.6 Å². The highest BCUT2D eigenvalue weighted by atomic mass is 32.2. The van der Waals surface area contributed by atoms with Gasteiger partial charge < -0.3 is 10.1 Å². The van der Waals surface area contributed by atoms with Gasteiger partial charge in [-0.05, 0) is 20.8 Å². The summed E-state index contributed by atoms with van der Waals surface area (Å²) in [5.41, 5.74) is -0.572. The molecule has 2 N–H and O–H groups in total. The molecule has 1 amide bonds. The van der Waals surface area contributed by atoms with Crippen LogP contribution in [0.1, 0.15) is 20.8 Å². The summed E-state index contributed by atoms with van der Waals surface area (Å²) < 4.78 is 28.3. The third-order valence-corrected chi connectivity index (χ3v) is 2.81. The van der Waals surface area contributed by atoms with Crippen molar-refractivity contribution in [1.82, 2.24) is 14.5 Å². The zero-order valence-corrected chi connectivity index (χ0v) is 12.1. The highest BCUT2D eigenvalue weighted by molar-refractivity contribution is 7.86. The largest absolute Gasteiger partial charge is 0.444 e. The summed E-state index contributed by atoms with van der Waals surface area (Å²) in [4.78, 5) is 17.8. The van der Waals surface area contributed by atoms with Crippen LogP contribution in [0.5, 0.6) is 0 Å². The fourth-order valence-corrected chi connectivity index (χ4v) is 1.09. The number of carbonyl (C=O) groups excluding carboxylic acids is 1. The van der Waals surface area contributed by atoms with E-state index < -0.39 is 21.9 Å². The Labute approximate surface area is 108 Å². The topological polar surface area (TPSA) is 97.0 Å². The Morgan fingerprint density at radius 1 is 1.28 bits per heavy atom. The number of amides is 1. The average molecular weight is 283 g/mol. The second-order valence-electron chi connectivity index (χ2n) is 4.65. The van der Waals surface area contributed by atoms with Crippen molar-refractivity contribution in [2.24, 2.45) is 0 Å². The molecule has 108 valence electrons. The fraction of sp³-hybridized carbons (Fsp3) is 0.889. The Hall–Kier alpha value is -0.900. The molecule has 0 spiro atoms. The maximum atomic E-state index is 11.2. The molecule has 9 heteroatoms. The molecule has 0 aromatic carbocycles. The fourth-order valence-electron chi connectivity index (χ4n) is 0.709. The van der Waals surface area contributed by atoms with Crippen LogP contribution >= 0.6 is 0 Å². The van der Waals surface area contributed by atoms with Crippen LogP contribution in [0.4, 0.5) is 4.79 Å². The van der Waals surface area contributed by atoms with Gasteiger partial charge in [0.2, 0.25) is 0 Å². The van der Waals surface area contributed by atoms with Gasteiger partial charge in [0.25, 0.3) is 0 Å². The summed E-state index contributed by atoms with van der Waals surface area (Å²) in [6.45, 7) is 5.36. The lowest BCUT2D eigenvalue weighted by Gasteiger charge is -2.19. The van der Waals surface area contributed by atoms with Gasteiger partial charge in [0.1, 0.15) is 5.60 Å². The second-order valence-corrected chi connectivity index (χ2v) is 6.49. The minimum Gasteiger partial charge on any atom is -0.444 e. The van der Waals surface area contributed by atoms with E-state index in [1.54, 1.807) is 20.8 Å². The molecule has 0 aliphatic rings. The van der Waals surface area contributed by atoms with Gasteiger partial charge in [-0.2, -0.15) is 12.7 Å². The number of nitrogens with zero attached hydrogens (tertiary/aromatic N) is 1. The number of hydrogen-bond donors (Lipinski definition) is 2. The molecule has 0 radical (unpaired) electrons. The monoisotopic (exact) mass is 283 g/mol. The highest BCUT2D eigenvalue weighted by Crippen LogP contribution is 2.05. The quantitative estimate of drug-likeness (QED) is 0.521. The molecule has 18 heavy (non-hydrogen) atoms. The predicted octanol–water partition coefficient (Wildman–Crippen LogP) is -0.161. The summed E-state index contributed by atoms with van der Waals surface area (Å²) in [6, 6.07) is 0. The lowest BCUT2D eigenvalue weighted by Crippen LogP contribution is -2.38. The van der Waals surface area contributed by atoms with Crippen LogP contribution in [0.25, 0.3) is 0 Å². The van der Waals surface area contributed by atoms with Crippen molar-refractivity contribution in [2.45, 2.75) is 26.4 Å². The number of alkyl carbamates (subject to hydrolysis) is 1. The van der Waals surface area contributed by atoms with Crippen molar-refractivity contribution >= 4 is 16.3 Å². The Kier molecular flexibility index (Phi) is 6.54. The van der Waals surface area contributed by atoms with E-state index in [2.05, 4.69) is 5.32 Å². The van der Waals surface area contributed by atoms with Crippen molar-refractivity contribution < 1.29 is 22.8 Å². The van der Waals surface area contributed by atoms with Crippen LogP contribution in [0.15, 0.2) is 0 Å². The summed E-state index contributed by atoms with van der Waals surface area (Å²) in [7, 11) is -0.879. The molecule has 0 aromatic rings. The highest BCUT2D eigenvalue weighted by Gasteiger charge is 2.16. The molecular formula is C9H21N3O5S. The van der Waals surface area contributed by atoms with Crippen molar-refractivity contribution in [3.05, 3.63) is 0 Å². The van der Waals surface area contributed by atoms with Crippen molar-refractivity contribution in [1.29, 1.82) is 0 Å². The maximum Gasteiger partial charge on any atom is 0.407 e. The van der Waals surface area contributed by atoms with Crippen LogP contribution in [0.2, 0.25) is 0 Å². The molecule has 0 rings (SSSR count). The number of nitrogens with one attached hydrogen (secondary N) is 2. The van der Waals surface area contributed by atoms with E-state index in [1.807, 2.05) is 4.89 Å². The molecule has 8 nitrogen and oxygen atoms in total. The molecule has 0 aliphatic carbocycles. The van der Waals surface area contributed by atoms with E-state index in [1.165, 1.54) is 14.1 Å². The van der Waals surface area contributed by atoms with E-state index in [0.29, 0.717) is 0 Å². The molecule has 0 fully saturated rings. The third-order valence-electron chi connectivity index (χ3n) is 1.52. The zero-order valence-electron chi connectivity index (χ0n) is 11.3. The van der Waals surface area contributed by atoms with Crippen molar-refractivity contribution in [2.75, 3.05) is 27.2 Å². The first kappa shape index (κ1) is 17.1. The summed E-state index contributed by atoms with van der Waals surface area (Å²) in [5, 5.41) is 2.42. The molecule has 0 heterocycles. The molecule has 0 unspecified atom stereocenters. The minimum atomic E-state index is -3.61. The standard InChI is InChI=1S/C9H21N3O5S/c1-9(2,3)17-8(13)10-6-7-16-11-18(14,15)12(4)5/h11H,6-7H2,1-5H3,(H,10,13). The van der Waals surface area contributed by atoms with Crippen molar-refractivity contribution in [3.8, 4) is 0 Å². The van der Waals surface area contributed by atoms with E-state index >= 15 is 0 Å². The Morgan fingerprint density at radius 3 is 2.28 bits per heavy atom. The lowest BCUT2D eigenvalue weighted by atomic mass is 10.2. The normalized spacial score (nSPS) is 12.6. The summed E-state index contributed by atoms with van der Waals surface area (Å²) in [5.74, 6) is 0. The number of ether oxygens (including phenoxy) is 1. The van der Waals surface area contributed by atoms with Crippen LogP contribution in [0, 0.1) is 0 Å². The maximum absolute atomic E-state index is 11.2. The summed E-state index contributed by atoms with van der Waals surface area (Å²) in [6.07, 6.45) is -0.582. The smallest absolute Gasteiger partial charge is 0.407 e. The van der Waals surface area contributed by atoms with E-state index in [-0.39, 0.29) is 13.2 Å². The van der Waals surface area contributed by atoms with Crippen LogP contribution in [-0.2, 0) is 19.8 Å². The Balaban J connectivity index is 3.73. The molecule has 0 aromatic heterocycles. The Morgan fingerprint density at radius 2 is 1.83 bits per heavy atom. The molecule has 0 aliphatic heterocycles. The van der Waals surface area contributed by atoms with E-state index in [4.69, 9.17) is 9.57 Å². The SMILES string of the molecule is CN(C)S(=O)(=O)NOCCNC(=O)OC(C)(C)C. The van der Waals surface area contributed by atoms with Gasteiger partial charge in [0.15, 0.2) is 0 Å². The lowest BCUT2D eigenvalue weighted by molar-refractivity contribution is 0.0474. The first-order valence-electron chi connectivity index (χ1n) is 5.32. The molecular weight excluding hydrogens is 262 g/mol. The van der Waals surface area contributed by atoms with Crippen LogP contribution in [-0.4, -0.2) is 51.7 Å². The first-order chi connectivity index (χ1) is 8.04. The zero-order chi connectivity index (χ0) is 14.4. The number of carbonyl (C=O) groups is 1. The summed E-state index contributed by atoms with van der Waals surface area (Å²) >= 11 is 0. The van der Waals surface area contributed by atoms with Gasteiger partial charge in [-0.25, -0.2) is 4.79 Å². The molecule has 0 bridgehead atoms. The Bertz CT molecular complexity index is 361. The second kappa shape index (κ2) is 6.88. The van der Waals surface area contributed by atoms with Gasteiger partial charge in [-0.1, -0.05) is 4.89 Å². The van der Waals surface area contributed by atoms with Crippen LogP contribution < -0.4 is 10.2 Å². The van der Waals surface area contributed by atoms with E-state index in [9.17, 15) is 13.2 Å². The predicted molar refractivity (Wildman–Crippen MR) is 65.9 cm³/mol. The minimum absolute atomic E-state index is 0.00763.